The molecule has 0 spiro atoms. The van der Waals surface area contributed by atoms with Gasteiger partial charge in [-0.25, -0.2) is 4.39 Å². The lowest BCUT2D eigenvalue weighted by Gasteiger charge is -2.19. The summed E-state index contributed by atoms with van der Waals surface area (Å²) in [6.07, 6.45) is 1.45. The van der Waals surface area contributed by atoms with E-state index in [2.05, 4.69) is 4.98 Å². The minimum atomic E-state index is -0.887. The zero-order chi connectivity index (χ0) is 20.0. The molecule has 28 heavy (non-hydrogen) atoms. The lowest BCUT2D eigenvalue weighted by atomic mass is 9.85. The number of nitrogens with zero attached hydrogens (tertiary/aromatic N) is 1. The Bertz CT molecular complexity index is 1240. The van der Waals surface area contributed by atoms with Gasteiger partial charge in [0.05, 0.1) is 11.9 Å². The second-order valence-electron chi connectivity index (χ2n) is 7.22. The molecule has 1 aromatic heterocycles. The summed E-state index contributed by atoms with van der Waals surface area (Å²) in [6.45, 7) is 5.88. The van der Waals surface area contributed by atoms with Crippen LogP contribution in [0.5, 0.6) is 0 Å². The Labute approximate surface area is 162 Å². The SMILES string of the molecule is Cc1ccc(-c2c(CC(=O)O)c(C)c3ncc4c(F)cccc4c3c2C)cc1. The van der Waals surface area contributed by atoms with Crippen LogP contribution in [0, 0.1) is 26.6 Å². The molecule has 3 aromatic carbocycles. The molecule has 0 aliphatic heterocycles. The lowest BCUT2D eigenvalue weighted by molar-refractivity contribution is -0.136. The van der Waals surface area contributed by atoms with Crippen LogP contribution in [-0.2, 0) is 11.2 Å². The molecule has 0 amide bonds. The molecule has 0 aliphatic rings. The van der Waals surface area contributed by atoms with Gasteiger partial charge < -0.3 is 5.11 Å². The number of aryl methyl sites for hydroxylation is 3. The van der Waals surface area contributed by atoms with Crippen LogP contribution in [0.15, 0.2) is 48.7 Å². The minimum absolute atomic E-state index is 0.0886. The molecule has 1 N–H and O–H groups in total. The van der Waals surface area contributed by atoms with Crippen LogP contribution in [0.1, 0.15) is 22.3 Å². The highest BCUT2D eigenvalue weighted by atomic mass is 19.1. The maximum Gasteiger partial charge on any atom is 0.307 e. The number of carbonyl (C=O) groups is 1. The zero-order valence-electron chi connectivity index (χ0n) is 16.0. The van der Waals surface area contributed by atoms with Gasteiger partial charge in [0.25, 0.3) is 0 Å². The molecule has 0 bridgehead atoms. The number of aliphatic carboxylic acids is 1. The number of fused-ring (bicyclic) bond motifs is 3. The molecular weight excluding hydrogens is 353 g/mol. The van der Waals surface area contributed by atoms with Gasteiger partial charge in [0, 0.05) is 17.0 Å². The molecule has 0 aliphatic carbocycles. The van der Waals surface area contributed by atoms with E-state index in [1.165, 1.54) is 12.3 Å². The fraction of sp³-hybridized carbons (Fsp3) is 0.167. The molecule has 0 fully saturated rings. The second-order valence-corrected chi connectivity index (χ2v) is 7.22. The number of aromatic nitrogens is 1. The molecule has 4 rings (SSSR count). The molecule has 4 aromatic rings. The summed E-state index contributed by atoms with van der Waals surface area (Å²) in [5, 5.41) is 11.6. The van der Waals surface area contributed by atoms with E-state index in [0.29, 0.717) is 5.39 Å². The topological polar surface area (TPSA) is 50.2 Å². The molecule has 1 heterocycles. The molecule has 3 nitrogen and oxygen atoms in total. The van der Waals surface area contributed by atoms with Crippen molar-refractivity contribution >= 4 is 27.6 Å². The summed E-state index contributed by atoms with van der Waals surface area (Å²) < 4.78 is 14.3. The van der Waals surface area contributed by atoms with E-state index in [0.717, 1.165) is 49.7 Å². The van der Waals surface area contributed by atoms with Crippen molar-refractivity contribution in [2.45, 2.75) is 27.2 Å². The Kier molecular flexibility index (Phi) is 4.34. The van der Waals surface area contributed by atoms with Gasteiger partial charge in [-0.05, 0) is 60.0 Å². The summed E-state index contributed by atoms with van der Waals surface area (Å²) in [4.78, 5) is 16.1. The van der Waals surface area contributed by atoms with E-state index < -0.39 is 5.97 Å². The monoisotopic (exact) mass is 373 g/mol. The molecule has 0 radical (unpaired) electrons. The van der Waals surface area contributed by atoms with Gasteiger partial charge in [-0.15, -0.1) is 0 Å². The molecule has 0 unspecified atom stereocenters. The van der Waals surface area contributed by atoms with Gasteiger partial charge in [0.2, 0.25) is 0 Å². The first-order chi connectivity index (χ1) is 13.4. The molecule has 140 valence electrons. The van der Waals surface area contributed by atoms with Crippen molar-refractivity contribution in [2.24, 2.45) is 0 Å². The van der Waals surface area contributed by atoms with Crippen LogP contribution < -0.4 is 0 Å². The molecule has 4 heteroatoms. The Morgan fingerprint density at radius 2 is 1.71 bits per heavy atom. The van der Waals surface area contributed by atoms with Crippen molar-refractivity contribution in [1.82, 2.24) is 4.98 Å². The smallest absolute Gasteiger partial charge is 0.307 e. The average Bonchev–Trinajstić information content (AvgIpc) is 2.66. The van der Waals surface area contributed by atoms with Crippen LogP contribution in [0.25, 0.3) is 32.8 Å². The van der Waals surface area contributed by atoms with Gasteiger partial charge >= 0.3 is 5.97 Å². The summed E-state index contributed by atoms with van der Waals surface area (Å²) in [6, 6.07) is 13.1. The van der Waals surface area contributed by atoms with E-state index in [9.17, 15) is 14.3 Å². The predicted molar refractivity (Wildman–Crippen MR) is 110 cm³/mol. The highest BCUT2D eigenvalue weighted by molar-refractivity contribution is 6.11. The van der Waals surface area contributed by atoms with Crippen LogP contribution in [0.3, 0.4) is 0 Å². The Morgan fingerprint density at radius 1 is 1.00 bits per heavy atom. The third kappa shape index (κ3) is 2.82. The molecule has 0 atom stereocenters. The third-order valence-corrected chi connectivity index (χ3v) is 5.41. The first-order valence-corrected chi connectivity index (χ1v) is 9.16. The van der Waals surface area contributed by atoms with Crippen molar-refractivity contribution in [2.75, 3.05) is 0 Å². The van der Waals surface area contributed by atoms with Crippen molar-refractivity contribution in [1.29, 1.82) is 0 Å². The van der Waals surface area contributed by atoms with Crippen LogP contribution >= 0.6 is 0 Å². The van der Waals surface area contributed by atoms with E-state index >= 15 is 0 Å². The first kappa shape index (κ1) is 18.1. The standard InChI is InChI=1S/C24H20FNO2/c1-13-7-9-16(10-8-13)22-15(3)23-17-5-4-6-20(25)19(17)12-26-24(23)14(2)18(22)11-21(27)28/h4-10,12H,11H2,1-3H3,(H,27,28). The number of halogens is 1. The van der Waals surface area contributed by atoms with Crippen molar-refractivity contribution < 1.29 is 14.3 Å². The van der Waals surface area contributed by atoms with E-state index in [-0.39, 0.29) is 12.2 Å². The van der Waals surface area contributed by atoms with Crippen LogP contribution in [0.4, 0.5) is 4.39 Å². The maximum atomic E-state index is 14.3. The molecular formula is C24H20FNO2. The molecule has 0 saturated carbocycles. The van der Waals surface area contributed by atoms with Gasteiger partial charge in [0.15, 0.2) is 0 Å². The van der Waals surface area contributed by atoms with E-state index in [4.69, 9.17) is 0 Å². The Balaban J connectivity index is 2.20. The summed E-state index contributed by atoms with van der Waals surface area (Å²) in [7, 11) is 0. The summed E-state index contributed by atoms with van der Waals surface area (Å²) in [5.41, 5.74) is 6.21. The first-order valence-electron chi connectivity index (χ1n) is 9.16. The van der Waals surface area contributed by atoms with Crippen molar-refractivity contribution in [3.63, 3.8) is 0 Å². The van der Waals surface area contributed by atoms with Crippen LogP contribution in [0.2, 0.25) is 0 Å². The van der Waals surface area contributed by atoms with Crippen LogP contribution in [-0.4, -0.2) is 16.1 Å². The van der Waals surface area contributed by atoms with Crippen molar-refractivity contribution in [3.05, 3.63) is 76.7 Å². The van der Waals surface area contributed by atoms with Gasteiger partial charge in [-0.1, -0.05) is 42.0 Å². The zero-order valence-corrected chi connectivity index (χ0v) is 16.0. The fourth-order valence-electron chi connectivity index (χ4n) is 4.04. The quantitative estimate of drug-likeness (QED) is 0.466. The number of rotatable bonds is 3. The summed E-state index contributed by atoms with van der Waals surface area (Å²) >= 11 is 0. The Morgan fingerprint density at radius 3 is 2.39 bits per heavy atom. The van der Waals surface area contributed by atoms with E-state index in [1.54, 1.807) is 6.07 Å². The van der Waals surface area contributed by atoms with Gasteiger partial charge in [0.1, 0.15) is 5.82 Å². The number of pyridine rings is 1. The number of carboxylic acid groups (broad SMARTS) is 1. The number of hydrogen-bond acceptors (Lipinski definition) is 2. The second kappa shape index (κ2) is 6.71. The van der Waals surface area contributed by atoms with Gasteiger partial charge in [-0.2, -0.15) is 0 Å². The van der Waals surface area contributed by atoms with E-state index in [1.807, 2.05) is 51.1 Å². The molecule has 0 saturated heterocycles. The Hall–Kier alpha value is -3.27. The largest absolute Gasteiger partial charge is 0.481 e. The van der Waals surface area contributed by atoms with Crippen molar-refractivity contribution in [3.8, 4) is 11.1 Å². The highest BCUT2D eigenvalue weighted by Crippen LogP contribution is 2.39. The number of hydrogen-bond donors (Lipinski definition) is 1. The number of benzene rings is 3. The predicted octanol–water partition coefficient (Wildman–Crippen LogP) is 5.75. The minimum Gasteiger partial charge on any atom is -0.481 e. The normalized spacial score (nSPS) is 11.3. The number of carboxylic acids is 1. The average molecular weight is 373 g/mol. The maximum absolute atomic E-state index is 14.3. The third-order valence-electron chi connectivity index (χ3n) is 5.41. The van der Waals surface area contributed by atoms with Gasteiger partial charge in [-0.3, -0.25) is 9.78 Å². The highest BCUT2D eigenvalue weighted by Gasteiger charge is 2.21. The fourth-order valence-corrected chi connectivity index (χ4v) is 4.04. The lowest BCUT2D eigenvalue weighted by Crippen LogP contribution is -2.07. The summed E-state index contributed by atoms with van der Waals surface area (Å²) in [5.74, 6) is -1.20.